The van der Waals surface area contributed by atoms with Crippen LogP contribution in [0.15, 0.2) is 42.5 Å². The van der Waals surface area contributed by atoms with E-state index in [0.29, 0.717) is 0 Å². The fourth-order valence-electron chi connectivity index (χ4n) is 2.23. The van der Waals surface area contributed by atoms with Crippen molar-refractivity contribution < 1.29 is 5.11 Å². The van der Waals surface area contributed by atoms with Crippen molar-refractivity contribution in [3.05, 3.63) is 48.0 Å². The molecule has 0 saturated heterocycles. The van der Waals surface area contributed by atoms with Gasteiger partial charge in [0, 0.05) is 0 Å². The topological polar surface area (TPSA) is 20.2 Å². The van der Waals surface area contributed by atoms with Gasteiger partial charge in [0.1, 0.15) is 0 Å². The van der Waals surface area contributed by atoms with Crippen LogP contribution in [0.5, 0.6) is 0 Å². The number of aliphatic hydroxyl groups excluding tert-OH is 1. The number of hydrogen-bond acceptors (Lipinski definition) is 1. The van der Waals surface area contributed by atoms with Gasteiger partial charge in [0.2, 0.25) is 0 Å². The van der Waals surface area contributed by atoms with Crippen LogP contribution in [-0.4, -0.2) is 5.11 Å². The Morgan fingerprint density at radius 3 is 2.35 bits per heavy atom. The van der Waals surface area contributed by atoms with E-state index >= 15 is 0 Å². The predicted octanol–water partition coefficient (Wildman–Crippen LogP) is 4.31. The number of fused-ring (bicyclic) bond motifs is 1. The first kappa shape index (κ1) is 12.1. The van der Waals surface area contributed by atoms with E-state index in [1.54, 1.807) is 0 Å². The molecule has 0 saturated carbocycles. The molecule has 2 aromatic carbocycles. The van der Waals surface area contributed by atoms with Crippen molar-refractivity contribution in [2.45, 2.75) is 33.3 Å². The molecule has 1 nitrogen and oxygen atoms in total. The van der Waals surface area contributed by atoms with Gasteiger partial charge in [-0.15, -0.1) is 0 Å². The Morgan fingerprint density at radius 1 is 1.00 bits per heavy atom. The number of benzene rings is 2. The second-order valence-corrected chi connectivity index (χ2v) is 5.85. The molecule has 2 rings (SSSR count). The average molecular weight is 228 g/mol. The highest BCUT2D eigenvalue weighted by molar-refractivity contribution is 5.85. The fourth-order valence-corrected chi connectivity index (χ4v) is 2.23. The van der Waals surface area contributed by atoms with Crippen LogP contribution >= 0.6 is 0 Å². The highest BCUT2D eigenvalue weighted by Gasteiger charge is 2.19. The molecule has 90 valence electrons. The zero-order chi connectivity index (χ0) is 12.5. The van der Waals surface area contributed by atoms with E-state index in [9.17, 15) is 5.11 Å². The molecule has 0 amide bonds. The van der Waals surface area contributed by atoms with E-state index < -0.39 is 0 Å². The lowest BCUT2D eigenvalue weighted by Gasteiger charge is -2.23. The smallest absolute Gasteiger partial charge is 0.0801 e. The quantitative estimate of drug-likeness (QED) is 0.812. The van der Waals surface area contributed by atoms with Crippen LogP contribution in [-0.2, 0) is 0 Å². The van der Waals surface area contributed by atoms with Crippen molar-refractivity contribution in [3.63, 3.8) is 0 Å². The standard InChI is InChI=1S/C16H20O/c1-16(2,3)11-15(17)14-10-6-8-12-7-4-5-9-13(12)14/h4-10,15,17H,11H2,1-3H3. The lowest BCUT2D eigenvalue weighted by atomic mass is 9.85. The summed E-state index contributed by atoms with van der Waals surface area (Å²) in [5.41, 5.74) is 1.18. The number of aliphatic hydroxyl groups is 1. The zero-order valence-corrected chi connectivity index (χ0v) is 10.8. The Labute approximate surface area is 103 Å². The summed E-state index contributed by atoms with van der Waals surface area (Å²) in [5.74, 6) is 0. The van der Waals surface area contributed by atoms with E-state index in [4.69, 9.17) is 0 Å². The van der Waals surface area contributed by atoms with Crippen molar-refractivity contribution in [2.75, 3.05) is 0 Å². The van der Waals surface area contributed by atoms with E-state index in [1.807, 2.05) is 24.3 Å². The zero-order valence-electron chi connectivity index (χ0n) is 10.8. The highest BCUT2D eigenvalue weighted by Crippen LogP contribution is 2.32. The van der Waals surface area contributed by atoms with Crippen LogP contribution in [0, 0.1) is 5.41 Å². The molecule has 0 aliphatic rings. The molecule has 0 fully saturated rings. The summed E-state index contributed by atoms with van der Waals surface area (Å²) < 4.78 is 0. The second-order valence-electron chi connectivity index (χ2n) is 5.85. The fraction of sp³-hybridized carbons (Fsp3) is 0.375. The molecule has 1 N–H and O–H groups in total. The molecule has 1 atom stereocenters. The van der Waals surface area contributed by atoms with Crippen LogP contribution in [0.25, 0.3) is 10.8 Å². The normalized spacial score (nSPS) is 13.9. The van der Waals surface area contributed by atoms with Gasteiger partial charge in [0.25, 0.3) is 0 Å². The summed E-state index contributed by atoms with van der Waals surface area (Å²) in [6.07, 6.45) is 0.391. The molecule has 2 aromatic rings. The third kappa shape index (κ3) is 2.86. The minimum atomic E-state index is -0.388. The molecular weight excluding hydrogens is 208 g/mol. The van der Waals surface area contributed by atoms with E-state index in [2.05, 4.69) is 39.0 Å². The van der Waals surface area contributed by atoms with Crippen molar-refractivity contribution in [2.24, 2.45) is 5.41 Å². The third-order valence-electron chi connectivity index (χ3n) is 2.99. The summed E-state index contributed by atoms with van der Waals surface area (Å²) in [6.45, 7) is 6.46. The lowest BCUT2D eigenvalue weighted by molar-refractivity contribution is 0.123. The van der Waals surface area contributed by atoms with Crippen LogP contribution in [0.1, 0.15) is 38.9 Å². The Bertz CT molecular complexity index is 503. The first-order valence-electron chi connectivity index (χ1n) is 6.13. The van der Waals surface area contributed by atoms with Crippen molar-refractivity contribution in [1.29, 1.82) is 0 Å². The first-order valence-corrected chi connectivity index (χ1v) is 6.13. The Morgan fingerprint density at radius 2 is 1.65 bits per heavy atom. The average Bonchev–Trinajstić information content (AvgIpc) is 2.26. The van der Waals surface area contributed by atoms with Crippen LogP contribution < -0.4 is 0 Å². The molecule has 1 heteroatoms. The van der Waals surface area contributed by atoms with Gasteiger partial charge in [0.15, 0.2) is 0 Å². The largest absolute Gasteiger partial charge is 0.388 e. The van der Waals surface area contributed by atoms with Gasteiger partial charge in [-0.05, 0) is 28.2 Å². The molecule has 1 unspecified atom stereocenters. The van der Waals surface area contributed by atoms with Crippen molar-refractivity contribution >= 4 is 10.8 Å². The van der Waals surface area contributed by atoms with Crippen LogP contribution in [0.2, 0.25) is 0 Å². The summed E-state index contributed by atoms with van der Waals surface area (Å²) in [4.78, 5) is 0. The summed E-state index contributed by atoms with van der Waals surface area (Å²) >= 11 is 0. The molecule has 0 heterocycles. The maximum Gasteiger partial charge on any atom is 0.0801 e. The second kappa shape index (κ2) is 4.50. The maximum absolute atomic E-state index is 10.4. The van der Waals surface area contributed by atoms with Crippen molar-refractivity contribution in [3.8, 4) is 0 Å². The summed E-state index contributed by atoms with van der Waals surface area (Å²) in [6, 6.07) is 14.3. The van der Waals surface area contributed by atoms with Gasteiger partial charge >= 0.3 is 0 Å². The van der Waals surface area contributed by atoms with Crippen LogP contribution in [0.3, 0.4) is 0 Å². The first-order chi connectivity index (χ1) is 7.97. The summed E-state index contributed by atoms with van der Waals surface area (Å²) in [5, 5.41) is 12.7. The number of hydrogen-bond donors (Lipinski definition) is 1. The minimum Gasteiger partial charge on any atom is -0.388 e. The molecule has 0 aliphatic heterocycles. The van der Waals surface area contributed by atoms with Gasteiger partial charge in [-0.25, -0.2) is 0 Å². The molecule has 0 radical (unpaired) electrons. The predicted molar refractivity (Wildman–Crippen MR) is 73.0 cm³/mol. The molecule has 0 aliphatic carbocycles. The van der Waals surface area contributed by atoms with E-state index in [0.717, 1.165) is 17.4 Å². The van der Waals surface area contributed by atoms with E-state index in [1.165, 1.54) is 5.39 Å². The summed E-state index contributed by atoms with van der Waals surface area (Å²) in [7, 11) is 0. The molecule has 0 bridgehead atoms. The van der Waals surface area contributed by atoms with Gasteiger partial charge in [-0.2, -0.15) is 0 Å². The Kier molecular flexibility index (Phi) is 3.21. The third-order valence-corrected chi connectivity index (χ3v) is 2.99. The van der Waals surface area contributed by atoms with Gasteiger partial charge in [0.05, 0.1) is 6.10 Å². The van der Waals surface area contributed by atoms with Gasteiger partial charge < -0.3 is 5.11 Å². The Hall–Kier alpha value is -1.34. The monoisotopic (exact) mass is 228 g/mol. The van der Waals surface area contributed by atoms with Crippen LogP contribution in [0.4, 0.5) is 0 Å². The lowest BCUT2D eigenvalue weighted by Crippen LogP contribution is -2.11. The maximum atomic E-state index is 10.4. The molecular formula is C16H20O. The molecule has 0 aromatic heterocycles. The van der Waals surface area contributed by atoms with Gasteiger partial charge in [-0.3, -0.25) is 0 Å². The number of rotatable bonds is 2. The van der Waals surface area contributed by atoms with Crippen molar-refractivity contribution in [1.82, 2.24) is 0 Å². The minimum absolute atomic E-state index is 0.135. The van der Waals surface area contributed by atoms with E-state index in [-0.39, 0.29) is 11.5 Å². The van der Waals surface area contributed by atoms with Gasteiger partial charge in [-0.1, -0.05) is 63.2 Å². The SMILES string of the molecule is CC(C)(C)CC(O)c1cccc2ccccc12. The Balaban J connectivity index is 2.41. The molecule has 0 spiro atoms. The molecule has 17 heavy (non-hydrogen) atoms. The highest BCUT2D eigenvalue weighted by atomic mass is 16.3.